The molecular formula is C39H56N8O10. The molecule has 18 heteroatoms. The highest BCUT2D eigenvalue weighted by Gasteiger charge is 2.35. The van der Waals surface area contributed by atoms with Crippen molar-refractivity contribution >= 4 is 47.3 Å². The standard InChI is InChI=1S/C39H56N8O10/c1-7-57-31(50)20-42-38(55)32(21(2)3)47-39(56)33(22(4)5)46-37(54)29(19-30(41)49)45-36(53)28(18-24-11-9-8-10-12-24)44-34(51)23(6)43-35(52)27(40)17-25-13-15-26(48)16-14-25/h8-16,21-23,27-29,32-33,48H,7,17-20,40H2,1-6H3,(H2,41,49)(H,42,55)(H,43,52)(H,44,51)(H,45,53)(H,46,54)(H,47,56)/t23-,27+,28+,29+,32+,33+/m1/s1. The van der Waals surface area contributed by atoms with E-state index in [1.807, 2.05) is 0 Å². The number of primary amides is 1. The summed E-state index contributed by atoms with van der Waals surface area (Å²) in [5.74, 6) is -7.18. The molecule has 0 saturated heterocycles. The van der Waals surface area contributed by atoms with Gasteiger partial charge in [0, 0.05) is 6.42 Å². The van der Waals surface area contributed by atoms with E-state index in [4.69, 9.17) is 16.2 Å². The third-order valence-electron chi connectivity index (χ3n) is 8.64. The summed E-state index contributed by atoms with van der Waals surface area (Å²) in [6.07, 6.45) is -0.616. The molecule has 0 unspecified atom stereocenters. The van der Waals surface area contributed by atoms with Crippen molar-refractivity contribution in [2.75, 3.05) is 13.2 Å². The van der Waals surface area contributed by atoms with Crippen molar-refractivity contribution in [2.45, 2.75) is 97.1 Å². The average molecular weight is 797 g/mol. The molecule has 6 atom stereocenters. The molecule has 0 heterocycles. The fourth-order valence-electron chi connectivity index (χ4n) is 5.45. The van der Waals surface area contributed by atoms with Gasteiger partial charge in [0.05, 0.1) is 19.1 Å². The van der Waals surface area contributed by atoms with Gasteiger partial charge in [-0.1, -0.05) is 70.2 Å². The topological polar surface area (TPSA) is 290 Å². The third-order valence-corrected chi connectivity index (χ3v) is 8.64. The highest BCUT2D eigenvalue weighted by molar-refractivity contribution is 5.98. The number of aromatic hydroxyl groups is 1. The Hall–Kier alpha value is -6.04. The smallest absolute Gasteiger partial charge is 0.325 e. The molecule has 0 aliphatic carbocycles. The number of hydrogen-bond acceptors (Lipinski definition) is 11. The molecule has 11 N–H and O–H groups in total. The van der Waals surface area contributed by atoms with Gasteiger partial charge in [0.25, 0.3) is 0 Å². The van der Waals surface area contributed by atoms with E-state index < -0.39 is 108 Å². The third kappa shape index (κ3) is 16.3. The predicted octanol–water partition coefficient (Wildman–Crippen LogP) is -1.18. The van der Waals surface area contributed by atoms with Crippen molar-refractivity contribution in [3.8, 4) is 5.75 Å². The van der Waals surface area contributed by atoms with Crippen molar-refractivity contribution in [3.63, 3.8) is 0 Å². The van der Waals surface area contributed by atoms with Crippen molar-refractivity contribution < 1.29 is 48.2 Å². The van der Waals surface area contributed by atoms with Gasteiger partial charge in [-0.2, -0.15) is 0 Å². The monoisotopic (exact) mass is 796 g/mol. The molecule has 2 rings (SSSR count). The molecule has 0 aliphatic heterocycles. The molecule has 2 aromatic rings. The Morgan fingerprint density at radius 2 is 1.16 bits per heavy atom. The van der Waals surface area contributed by atoms with Crippen molar-refractivity contribution in [1.29, 1.82) is 0 Å². The molecule has 312 valence electrons. The minimum absolute atomic E-state index is 0.0495. The summed E-state index contributed by atoms with van der Waals surface area (Å²) in [5, 5.41) is 24.7. The van der Waals surface area contributed by atoms with Crippen LogP contribution in [0.15, 0.2) is 54.6 Å². The lowest BCUT2D eigenvalue weighted by molar-refractivity contribution is -0.144. The quantitative estimate of drug-likeness (QED) is 0.0639. The van der Waals surface area contributed by atoms with Crippen LogP contribution in [0.3, 0.4) is 0 Å². The second-order valence-corrected chi connectivity index (χ2v) is 14.2. The van der Waals surface area contributed by atoms with Crippen LogP contribution < -0.4 is 43.4 Å². The van der Waals surface area contributed by atoms with Crippen LogP contribution in [-0.4, -0.2) is 102 Å². The van der Waals surface area contributed by atoms with Crippen LogP contribution in [0, 0.1) is 11.8 Å². The number of phenolic OH excluding ortho intramolecular Hbond substituents is 1. The normalized spacial score (nSPS) is 14.1. The first-order valence-corrected chi connectivity index (χ1v) is 18.6. The average Bonchev–Trinajstić information content (AvgIpc) is 3.15. The summed E-state index contributed by atoms with van der Waals surface area (Å²) in [5.41, 5.74) is 12.8. The highest BCUT2D eigenvalue weighted by Crippen LogP contribution is 2.12. The summed E-state index contributed by atoms with van der Waals surface area (Å²) in [7, 11) is 0. The van der Waals surface area contributed by atoms with Crippen molar-refractivity contribution in [1.82, 2.24) is 31.9 Å². The number of rotatable bonds is 22. The minimum atomic E-state index is -1.59. The molecular weight excluding hydrogens is 740 g/mol. The van der Waals surface area contributed by atoms with Crippen LogP contribution in [0.4, 0.5) is 0 Å². The van der Waals surface area contributed by atoms with Gasteiger partial charge in [0.1, 0.15) is 42.5 Å². The van der Waals surface area contributed by atoms with E-state index in [0.29, 0.717) is 11.1 Å². The van der Waals surface area contributed by atoms with E-state index in [1.54, 1.807) is 77.1 Å². The second-order valence-electron chi connectivity index (χ2n) is 14.2. The van der Waals surface area contributed by atoms with Gasteiger partial charge in [-0.05, 0) is 55.4 Å². The first-order valence-electron chi connectivity index (χ1n) is 18.6. The maximum Gasteiger partial charge on any atom is 0.325 e. The SMILES string of the molecule is CCOC(=O)CNC(=O)[C@@H](NC(=O)[C@@H](NC(=O)[C@H](CC(N)=O)NC(=O)[C@H](Cc1ccccc1)NC(=O)[C@@H](C)NC(=O)[C@@H](N)Cc1ccc(O)cc1)C(C)C)C(C)C. The van der Waals surface area contributed by atoms with Crippen LogP contribution >= 0.6 is 0 Å². The zero-order valence-electron chi connectivity index (χ0n) is 33.1. The molecule has 0 spiro atoms. The number of nitrogens with one attached hydrogen (secondary N) is 6. The molecule has 0 fully saturated rings. The Bertz CT molecular complexity index is 1700. The van der Waals surface area contributed by atoms with Gasteiger partial charge in [-0.15, -0.1) is 0 Å². The molecule has 0 saturated carbocycles. The van der Waals surface area contributed by atoms with Crippen LogP contribution in [0.2, 0.25) is 0 Å². The van der Waals surface area contributed by atoms with E-state index in [9.17, 15) is 43.5 Å². The highest BCUT2D eigenvalue weighted by atomic mass is 16.5. The van der Waals surface area contributed by atoms with Gasteiger partial charge < -0.3 is 53.2 Å². The molecule has 57 heavy (non-hydrogen) atoms. The number of esters is 1. The zero-order chi connectivity index (χ0) is 42.8. The van der Waals surface area contributed by atoms with E-state index in [2.05, 4.69) is 31.9 Å². The fraction of sp³-hybridized carbons (Fsp3) is 0.487. The van der Waals surface area contributed by atoms with Crippen LogP contribution in [0.1, 0.15) is 59.1 Å². The van der Waals surface area contributed by atoms with Gasteiger partial charge >= 0.3 is 5.97 Å². The molecule has 0 bridgehead atoms. The lowest BCUT2D eigenvalue weighted by Crippen LogP contribution is -2.61. The number of phenols is 1. The number of carbonyl (C=O) groups is 8. The van der Waals surface area contributed by atoms with E-state index in [-0.39, 0.29) is 25.2 Å². The Balaban J connectivity index is 2.22. The first kappa shape index (κ1) is 47.1. The minimum Gasteiger partial charge on any atom is -0.508 e. The zero-order valence-corrected chi connectivity index (χ0v) is 33.1. The van der Waals surface area contributed by atoms with Crippen LogP contribution in [0.25, 0.3) is 0 Å². The Morgan fingerprint density at radius 1 is 0.632 bits per heavy atom. The summed E-state index contributed by atoms with van der Waals surface area (Å²) in [4.78, 5) is 104. The fourth-order valence-corrected chi connectivity index (χ4v) is 5.45. The second kappa shape index (κ2) is 23.1. The number of carbonyl (C=O) groups excluding carboxylic acids is 8. The summed E-state index contributed by atoms with van der Waals surface area (Å²) in [6.45, 7) is 9.31. The molecule has 2 aromatic carbocycles. The summed E-state index contributed by atoms with van der Waals surface area (Å²) in [6, 6.07) is 7.26. The number of benzene rings is 2. The van der Waals surface area contributed by atoms with Gasteiger partial charge in [0.2, 0.25) is 41.4 Å². The summed E-state index contributed by atoms with van der Waals surface area (Å²) >= 11 is 0. The Morgan fingerprint density at radius 3 is 1.72 bits per heavy atom. The van der Waals surface area contributed by atoms with Gasteiger partial charge in [0.15, 0.2) is 0 Å². The van der Waals surface area contributed by atoms with E-state index in [0.717, 1.165) is 0 Å². The maximum atomic E-state index is 13.8. The summed E-state index contributed by atoms with van der Waals surface area (Å²) < 4.78 is 4.82. The van der Waals surface area contributed by atoms with Crippen molar-refractivity contribution in [2.24, 2.45) is 23.3 Å². The predicted molar refractivity (Wildman–Crippen MR) is 208 cm³/mol. The van der Waals surface area contributed by atoms with E-state index >= 15 is 0 Å². The Kier molecular flexibility index (Phi) is 19.1. The number of amides is 7. The number of ether oxygens (including phenoxy) is 1. The lowest BCUT2D eigenvalue weighted by atomic mass is 9.99. The lowest BCUT2D eigenvalue weighted by Gasteiger charge is -2.29. The molecule has 0 aliphatic rings. The van der Waals surface area contributed by atoms with Crippen LogP contribution in [0.5, 0.6) is 5.75 Å². The van der Waals surface area contributed by atoms with E-state index in [1.165, 1.54) is 19.1 Å². The Labute approximate surface area is 332 Å². The molecule has 18 nitrogen and oxygen atoms in total. The largest absolute Gasteiger partial charge is 0.508 e. The molecule has 0 radical (unpaired) electrons. The molecule has 0 aromatic heterocycles. The number of nitrogens with two attached hydrogens (primary N) is 2. The number of hydrogen-bond donors (Lipinski definition) is 9. The molecule has 7 amide bonds. The van der Waals surface area contributed by atoms with Crippen molar-refractivity contribution in [3.05, 3.63) is 65.7 Å². The maximum absolute atomic E-state index is 13.8. The first-order chi connectivity index (χ1) is 26.8. The van der Waals surface area contributed by atoms with Crippen LogP contribution in [-0.2, 0) is 55.9 Å². The van der Waals surface area contributed by atoms with Gasteiger partial charge in [-0.3, -0.25) is 38.4 Å². The van der Waals surface area contributed by atoms with Gasteiger partial charge in [-0.25, -0.2) is 0 Å².